The first kappa shape index (κ1) is 26.5. The number of ether oxygens (including phenoxy) is 2. The smallest absolute Gasteiger partial charge is 0.324 e. The van der Waals surface area contributed by atoms with Crippen LogP contribution >= 0.6 is 23.2 Å². The molecule has 0 saturated carbocycles. The maximum Gasteiger partial charge on any atom is 0.324 e. The molecule has 11 heteroatoms. The zero-order valence-corrected chi connectivity index (χ0v) is 21.4. The number of aromatic nitrogens is 3. The molecule has 9 nitrogen and oxygen atoms in total. The van der Waals surface area contributed by atoms with E-state index in [1.54, 1.807) is 46.1 Å². The van der Waals surface area contributed by atoms with Crippen molar-refractivity contribution >= 4 is 40.8 Å². The van der Waals surface area contributed by atoms with Crippen molar-refractivity contribution in [3.05, 3.63) is 64.4 Å². The normalized spacial score (nSPS) is 12.2. The quantitative estimate of drug-likeness (QED) is 0.410. The topological polar surface area (TPSA) is 107 Å². The second-order valence-electron chi connectivity index (χ2n) is 8.71. The van der Waals surface area contributed by atoms with Crippen LogP contribution in [0.4, 0.5) is 5.69 Å². The molecule has 1 heterocycles. The minimum Gasteiger partial charge on any atom is -0.497 e. The summed E-state index contributed by atoms with van der Waals surface area (Å²) in [5.74, 6) is -0.134. The summed E-state index contributed by atoms with van der Waals surface area (Å²) in [6, 6.07) is 11.5. The fourth-order valence-corrected chi connectivity index (χ4v) is 3.49. The number of carbonyl (C=O) groups is 2. The predicted octanol–water partition coefficient (Wildman–Crippen LogP) is 4.06. The van der Waals surface area contributed by atoms with Crippen LogP contribution in [0, 0.1) is 0 Å². The molecule has 3 aromatic rings. The van der Waals surface area contributed by atoms with Crippen molar-refractivity contribution in [2.75, 3.05) is 19.0 Å². The van der Waals surface area contributed by atoms with Gasteiger partial charge in [-0.2, -0.15) is 0 Å². The third kappa shape index (κ3) is 7.95. The number of anilines is 1. The van der Waals surface area contributed by atoms with Crippen molar-refractivity contribution in [2.45, 2.75) is 38.8 Å². The largest absolute Gasteiger partial charge is 0.497 e. The summed E-state index contributed by atoms with van der Waals surface area (Å²) in [6.07, 6.45) is 1.83. The van der Waals surface area contributed by atoms with Gasteiger partial charge in [0.15, 0.2) is 5.15 Å². The third-order valence-electron chi connectivity index (χ3n) is 4.74. The van der Waals surface area contributed by atoms with Gasteiger partial charge in [-0.3, -0.25) is 14.9 Å². The fraction of sp³-hybridized carbons (Fsp3) is 0.333. The van der Waals surface area contributed by atoms with Gasteiger partial charge >= 0.3 is 5.97 Å². The van der Waals surface area contributed by atoms with E-state index in [1.807, 2.05) is 24.3 Å². The van der Waals surface area contributed by atoms with Gasteiger partial charge in [0, 0.05) is 5.02 Å². The Kier molecular flexibility index (Phi) is 8.71. The Morgan fingerprint density at radius 1 is 1.11 bits per heavy atom. The summed E-state index contributed by atoms with van der Waals surface area (Å²) < 4.78 is 12.2. The van der Waals surface area contributed by atoms with Crippen LogP contribution in [0.3, 0.4) is 0 Å². The Bertz CT molecular complexity index is 1180. The standard InChI is InChI=1S/C24H27Cl2N5O4/c1-24(2,3)35-23(33)19(11-15-5-8-17(34-4)9-6-15)27-13-22(32)28-18-12-16(25)7-10-20(18)31-14-21(26)29-30-31/h5-10,12,14,19,27H,11,13H2,1-4H3,(H,28,32). The Hall–Kier alpha value is -3.14. The molecule has 0 aliphatic carbocycles. The van der Waals surface area contributed by atoms with Gasteiger partial charge in [-0.25, -0.2) is 4.68 Å². The molecule has 2 N–H and O–H groups in total. The highest BCUT2D eigenvalue weighted by Crippen LogP contribution is 2.24. The number of methoxy groups -OCH3 is 1. The molecule has 1 atom stereocenters. The van der Waals surface area contributed by atoms with Crippen LogP contribution in [0.1, 0.15) is 26.3 Å². The number of nitrogens with one attached hydrogen (secondary N) is 2. The van der Waals surface area contributed by atoms with Gasteiger partial charge in [0.05, 0.1) is 31.2 Å². The summed E-state index contributed by atoms with van der Waals surface area (Å²) in [4.78, 5) is 25.7. The first-order valence-electron chi connectivity index (χ1n) is 10.8. The zero-order chi connectivity index (χ0) is 25.6. The number of nitrogens with zero attached hydrogens (tertiary/aromatic N) is 3. The van der Waals surface area contributed by atoms with Crippen LogP contribution in [-0.4, -0.2) is 52.2 Å². The van der Waals surface area contributed by atoms with Crippen molar-refractivity contribution in [3.63, 3.8) is 0 Å². The van der Waals surface area contributed by atoms with Crippen molar-refractivity contribution in [3.8, 4) is 11.4 Å². The molecular weight excluding hydrogens is 493 g/mol. The van der Waals surface area contributed by atoms with Crippen molar-refractivity contribution < 1.29 is 19.1 Å². The summed E-state index contributed by atoms with van der Waals surface area (Å²) in [6.45, 7) is 5.22. The van der Waals surface area contributed by atoms with E-state index in [0.29, 0.717) is 28.6 Å². The second-order valence-corrected chi connectivity index (χ2v) is 9.54. The predicted molar refractivity (Wildman–Crippen MR) is 134 cm³/mol. The highest BCUT2D eigenvalue weighted by molar-refractivity contribution is 6.31. The monoisotopic (exact) mass is 519 g/mol. The number of rotatable bonds is 9. The lowest BCUT2D eigenvalue weighted by Crippen LogP contribution is -2.45. The summed E-state index contributed by atoms with van der Waals surface area (Å²) in [5, 5.41) is 14.1. The average Bonchev–Trinajstić information content (AvgIpc) is 3.21. The number of carbonyl (C=O) groups excluding carboxylic acids is 2. The maximum absolute atomic E-state index is 12.9. The van der Waals surface area contributed by atoms with E-state index in [0.717, 1.165) is 5.56 Å². The summed E-state index contributed by atoms with van der Waals surface area (Å²) >= 11 is 12.0. The Labute approximate surface area is 213 Å². The molecule has 2 aromatic carbocycles. The first-order chi connectivity index (χ1) is 16.5. The average molecular weight is 520 g/mol. The van der Waals surface area contributed by atoms with E-state index >= 15 is 0 Å². The molecule has 1 unspecified atom stereocenters. The van der Waals surface area contributed by atoms with Crippen LogP contribution in [0.2, 0.25) is 10.2 Å². The van der Waals surface area contributed by atoms with Crippen LogP contribution < -0.4 is 15.4 Å². The van der Waals surface area contributed by atoms with Gasteiger partial charge in [0.25, 0.3) is 0 Å². The number of halogens is 2. The lowest BCUT2D eigenvalue weighted by atomic mass is 10.1. The number of amides is 1. The molecule has 0 spiro atoms. The number of esters is 1. The first-order valence-corrected chi connectivity index (χ1v) is 11.6. The summed E-state index contributed by atoms with van der Waals surface area (Å²) in [7, 11) is 1.58. The van der Waals surface area contributed by atoms with E-state index in [9.17, 15) is 9.59 Å². The van der Waals surface area contributed by atoms with Crippen LogP contribution in [0.25, 0.3) is 5.69 Å². The minimum absolute atomic E-state index is 0.149. The van der Waals surface area contributed by atoms with E-state index in [1.165, 1.54) is 10.9 Å². The van der Waals surface area contributed by atoms with Gasteiger partial charge in [-0.15, -0.1) is 5.10 Å². The van der Waals surface area contributed by atoms with E-state index in [4.69, 9.17) is 32.7 Å². The highest BCUT2D eigenvalue weighted by atomic mass is 35.5. The number of benzene rings is 2. The molecule has 35 heavy (non-hydrogen) atoms. The molecule has 186 valence electrons. The van der Waals surface area contributed by atoms with E-state index in [-0.39, 0.29) is 17.6 Å². The number of hydrogen-bond donors (Lipinski definition) is 2. The lowest BCUT2D eigenvalue weighted by molar-refractivity contribution is -0.157. The van der Waals surface area contributed by atoms with E-state index in [2.05, 4.69) is 20.9 Å². The Balaban J connectivity index is 1.72. The van der Waals surface area contributed by atoms with Crippen molar-refractivity contribution in [1.29, 1.82) is 0 Å². The molecule has 3 rings (SSSR count). The molecule has 1 amide bonds. The van der Waals surface area contributed by atoms with Crippen LogP contribution in [0.15, 0.2) is 48.7 Å². The van der Waals surface area contributed by atoms with Gasteiger partial charge in [0.2, 0.25) is 5.91 Å². The molecule has 0 aliphatic rings. The van der Waals surface area contributed by atoms with Gasteiger partial charge in [0.1, 0.15) is 17.4 Å². The molecule has 0 bridgehead atoms. The SMILES string of the molecule is COc1ccc(CC(NCC(=O)Nc2cc(Cl)ccc2-n2cc(Cl)nn2)C(=O)OC(C)(C)C)cc1. The number of hydrogen-bond acceptors (Lipinski definition) is 7. The van der Waals surface area contributed by atoms with Crippen molar-refractivity contribution in [1.82, 2.24) is 20.3 Å². The molecule has 0 fully saturated rings. The second kappa shape index (κ2) is 11.5. The maximum atomic E-state index is 12.9. The zero-order valence-electron chi connectivity index (χ0n) is 19.8. The molecule has 1 aromatic heterocycles. The lowest BCUT2D eigenvalue weighted by Gasteiger charge is -2.24. The third-order valence-corrected chi connectivity index (χ3v) is 5.15. The minimum atomic E-state index is -0.749. The van der Waals surface area contributed by atoms with Gasteiger partial charge in [-0.1, -0.05) is 40.5 Å². The molecule has 0 radical (unpaired) electrons. The fourth-order valence-electron chi connectivity index (χ4n) is 3.19. The summed E-state index contributed by atoms with van der Waals surface area (Å²) in [5.41, 5.74) is 1.15. The Morgan fingerprint density at radius 2 is 1.83 bits per heavy atom. The van der Waals surface area contributed by atoms with Crippen LogP contribution in [-0.2, 0) is 20.7 Å². The Morgan fingerprint density at radius 3 is 2.43 bits per heavy atom. The van der Waals surface area contributed by atoms with Crippen LogP contribution in [0.5, 0.6) is 5.75 Å². The van der Waals surface area contributed by atoms with Gasteiger partial charge < -0.3 is 14.8 Å². The highest BCUT2D eigenvalue weighted by Gasteiger charge is 2.26. The van der Waals surface area contributed by atoms with Crippen molar-refractivity contribution in [2.24, 2.45) is 0 Å². The molecule has 0 saturated heterocycles. The van der Waals surface area contributed by atoms with E-state index < -0.39 is 17.6 Å². The molecule has 0 aliphatic heterocycles. The molecular formula is C24H27Cl2N5O4. The van der Waals surface area contributed by atoms with Gasteiger partial charge in [-0.05, 0) is 63.1 Å².